The summed E-state index contributed by atoms with van der Waals surface area (Å²) in [7, 11) is 0. The van der Waals surface area contributed by atoms with E-state index in [4.69, 9.17) is 4.42 Å². The predicted molar refractivity (Wildman–Crippen MR) is 104 cm³/mol. The predicted octanol–water partition coefficient (Wildman–Crippen LogP) is 5.19. The Kier molecular flexibility index (Phi) is 4.88. The maximum atomic E-state index is 5.56. The van der Waals surface area contributed by atoms with Crippen LogP contribution in [-0.2, 0) is 12.3 Å². The second-order valence-electron chi connectivity index (χ2n) is 6.13. The minimum absolute atomic E-state index is 0.708. The first kappa shape index (κ1) is 16.7. The molecule has 130 valence electrons. The Balaban J connectivity index is 1.63. The highest BCUT2D eigenvalue weighted by atomic mass is 32.2. The molecule has 2 aromatic heterocycles. The van der Waals surface area contributed by atoms with E-state index < -0.39 is 0 Å². The van der Waals surface area contributed by atoms with Crippen molar-refractivity contribution in [3.63, 3.8) is 0 Å². The van der Waals surface area contributed by atoms with E-state index in [1.807, 2.05) is 30.3 Å². The fourth-order valence-corrected chi connectivity index (χ4v) is 3.72. The van der Waals surface area contributed by atoms with Gasteiger partial charge in [0.25, 0.3) is 0 Å². The molecular weight excluding hydrogens is 342 g/mol. The Bertz CT molecular complexity index is 978. The van der Waals surface area contributed by atoms with E-state index in [0.29, 0.717) is 6.54 Å². The second kappa shape index (κ2) is 7.62. The van der Waals surface area contributed by atoms with E-state index in [2.05, 4.69) is 58.1 Å². The van der Waals surface area contributed by atoms with Gasteiger partial charge in [0.1, 0.15) is 0 Å². The summed E-state index contributed by atoms with van der Waals surface area (Å²) >= 11 is 1.69. The molecule has 0 saturated carbocycles. The van der Waals surface area contributed by atoms with Crippen LogP contribution >= 0.6 is 11.8 Å². The number of rotatable bonds is 6. The van der Waals surface area contributed by atoms with Crippen molar-refractivity contribution >= 4 is 11.8 Å². The van der Waals surface area contributed by atoms with Gasteiger partial charge in [0.05, 0.1) is 12.8 Å². The van der Waals surface area contributed by atoms with Crippen molar-refractivity contribution in [3.05, 3.63) is 89.7 Å². The number of aryl methyl sites for hydroxylation is 1. The number of nitrogens with zero attached hydrogens (tertiary/aromatic N) is 3. The lowest BCUT2D eigenvalue weighted by molar-refractivity contribution is 0.569. The zero-order valence-electron chi connectivity index (χ0n) is 14.5. The van der Waals surface area contributed by atoms with Crippen molar-refractivity contribution in [3.8, 4) is 11.6 Å². The smallest absolute Gasteiger partial charge is 0.200 e. The van der Waals surface area contributed by atoms with Crippen molar-refractivity contribution in [1.29, 1.82) is 0 Å². The summed E-state index contributed by atoms with van der Waals surface area (Å²) < 4.78 is 7.68. The highest BCUT2D eigenvalue weighted by Gasteiger charge is 2.16. The molecule has 0 fully saturated rings. The van der Waals surface area contributed by atoms with E-state index in [0.717, 1.165) is 22.5 Å². The summed E-state index contributed by atoms with van der Waals surface area (Å²) in [5.74, 6) is 2.34. The zero-order valence-corrected chi connectivity index (χ0v) is 15.3. The molecule has 5 heteroatoms. The van der Waals surface area contributed by atoms with Gasteiger partial charge in [-0.1, -0.05) is 71.9 Å². The van der Waals surface area contributed by atoms with Gasteiger partial charge in [-0.2, -0.15) is 0 Å². The van der Waals surface area contributed by atoms with Crippen molar-refractivity contribution in [2.75, 3.05) is 0 Å². The molecule has 0 bridgehead atoms. The van der Waals surface area contributed by atoms with Gasteiger partial charge in [-0.15, -0.1) is 10.2 Å². The molecule has 0 amide bonds. The number of benzene rings is 2. The fraction of sp³-hybridized carbons (Fsp3) is 0.143. The lowest BCUT2D eigenvalue weighted by Gasteiger charge is -2.09. The molecule has 4 rings (SSSR count). The minimum atomic E-state index is 0.708. The van der Waals surface area contributed by atoms with Crippen LogP contribution in [0.15, 0.2) is 82.6 Å². The normalized spacial score (nSPS) is 11.0. The van der Waals surface area contributed by atoms with Gasteiger partial charge in [0.2, 0.25) is 5.82 Å². The number of thioether (sulfide) groups is 1. The summed E-state index contributed by atoms with van der Waals surface area (Å²) in [4.78, 5) is 0. The van der Waals surface area contributed by atoms with Crippen LogP contribution < -0.4 is 0 Å². The van der Waals surface area contributed by atoms with E-state index in [9.17, 15) is 0 Å². The van der Waals surface area contributed by atoms with Crippen LogP contribution in [0.3, 0.4) is 0 Å². The highest BCUT2D eigenvalue weighted by Crippen LogP contribution is 2.27. The van der Waals surface area contributed by atoms with Crippen molar-refractivity contribution < 1.29 is 4.42 Å². The Morgan fingerprint density at radius 3 is 2.54 bits per heavy atom. The van der Waals surface area contributed by atoms with Crippen molar-refractivity contribution in [1.82, 2.24) is 14.8 Å². The van der Waals surface area contributed by atoms with Gasteiger partial charge in [-0.05, 0) is 30.2 Å². The molecule has 0 N–H and O–H groups in total. The maximum Gasteiger partial charge on any atom is 0.200 e. The lowest BCUT2D eigenvalue weighted by Crippen LogP contribution is -2.03. The Morgan fingerprint density at radius 1 is 0.923 bits per heavy atom. The summed E-state index contributed by atoms with van der Waals surface area (Å²) in [5, 5.41) is 9.70. The quantitative estimate of drug-likeness (QED) is 0.444. The molecule has 0 aliphatic rings. The average Bonchev–Trinajstić information content (AvgIpc) is 3.31. The Hall–Kier alpha value is -2.79. The van der Waals surface area contributed by atoms with Crippen LogP contribution in [0, 0.1) is 6.92 Å². The molecule has 4 nitrogen and oxygen atoms in total. The third-order valence-corrected chi connectivity index (χ3v) is 5.13. The lowest BCUT2D eigenvalue weighted by atomic mass is 10.2. The van der Waals surface area contributed by atoms with Gasteiger partial charge in [0, 0.05) is 5.75 Å². The van der Waals surface area contributed by atoms with E-state index in [1.54, 1.807) is 18.0 Å². The van der Waals surface area contributed by atoms with Crippen LogP contribution in [0.5, 0.6) is 0 Å². The third-order valence-electron chi connectivity index (χ3n) is 4.09. The van der Waals surface area contributed by atoms with Crippen LogP contribution in [0.1, 0.15) is 16.7 Å². The van der Waals surface area contributed by atoms with Gasteiger partial charge in [-0.25, -0.2) is 0 Å². The summed E-state index contributed by atoms with van der Waals surface area (Å²) in [5.41, 5.74) is 3.76. The first-order chi connectivity index (χ1) is 12.8. The fourth-order valence-electron chi connectivity index (χ4n) is 2.84. The van der Waals surface area contributed by atoms with Crippen LogP contribution in [0.25, 0.3) is 11.6 Å². The summed E-state index contributed by atoms with van der Waals surface area (Å²) in [6.07, 6.45) is 1.66. The average molecular weight is 361 g/mol. The number of hydrogen-bond donors (Lipinski definition) is 0. The molecule has 0 aliphatic carbocycles. The maximum absolute atomic E-state index is 5.56. The Morgan fingerprint density at radius 2 is 1.77 bits per heavy atom. The number of furan rings is 1. The molecule has 0 aliphatic heterocycles. The molecule has 4 aromatic rings. The molecule has 2 aromatic carbocycles. The minimum Gasteiger partial charge on any atom is -0.461 e. The van der Waals surface area contributed by atoms with Crippen LogP contribution in [0.4, 0.5) is 0 Å². The second-order valence-corrected chi connectivity index (χ2v) is 7.08. The summed E-state index contributed by atoms with van der Waals surface area (Å²) in [6.45, 7) is 2.82. The SMILES string of the molecule is Cc1cccc(CSc2nnc(-c3ccco3)n2Cc2ccccc2)c1. The topological polar surface area (TPSA) is 43.9 Å². The van der Waals surface area contributed by atoms with Crippen molar-refractivity contribution in [2.45, 2.75) is 24.4 Å². The van der Waals surface area contributed by atoms with E-state index in [1.165, 1.54) is 16.7 Å². The zero-order chi connectivity index (χ0) is 17.8. The molecule has 0 spiro atoms. The molecule has 0 unspecified atom stereocenters. The molecule has 0 radical (unpaired) electrons. The molecule has 26 heavy (non-hydrogen) atoms. The summed E-state index contributed by atoms with van der Waals surface area (Å²) in [6, 6.07) is 22.7. The van der Waals surface area contributed by atoms with Gasteiger partial charge < -0.3 is 4.42 Å². The van der Waals surface area contributed by atoms with Gasteiger partial charge in [-0.3, -0.25) is 4.57 Å². The van der Waals surface area contributed by atoms with Crippen molar-refractivity contribution in [2.24, 2.45) is 0 Å². The van der Waals surface area contributed by atoms with E-state index in [-0.39, 0.29) is 0 Å². The largest absolute Gasteiger partial charge is 0.461 e. The number of hydrogen-bond acceptors (Lipinski definition) is 4. The molecule has 0 saturated heterocycles. The standard InChI is InChI=1S/C21H19N3OS/c1-16-7-5-10-18(13-16)15-26-21-23-22-20(19-11-6-12-25-19)24(21)14-17-8-3-2-4-9-17/h2-13H,14-15H2,1H3. The molecular formula is C21H19N3OS. The first-order valence-corrected chi connectivity index (χ1v) is 9.47. The monoisotopic (exact) mass is 361 g/mol. The molecule has 2 heterocycles. The van der Waals surface area contributed by atoms with Crippen LogP contribution in [0.2, 0.25) is 0 Å². The third kappa shape index (κ3) is 3.73. The molecule has 0 atom stereocenters. The number of aromatic nitrogens is 3. The van der Waals surface area contributed by atoms with E-state index >= 15 is 0 Å². The Labute approximate surface area is 156 Å². The van der Waals surface area contributed by atoms with Gasteiger partial charge in [0.15, 0.2) is 10.9 Å². The highest BCUT2D eigenvalue weighted by molar-refractivity contribution is 7.98. The first-order valence-electron chi connectivity index (χ1n) is 8.49. The van der Waals surface area contributed by atoms with Gasteiger partial charge >= 0.3 is 0 Å². The van der Waals surface area contributed by atoms with Crippen LogP contribution in [-0.4, -0.2) is 14.8 Å².